The monoisotopic (exact) mass is 248 g/mol. The van der Waals surface area contributed by atoms with Gasteiger partial charge in [-0.1, -0.05) is 60.1 Å². The van der Waals surface area contributed by atoms with Crippen molar-refractivity contribution >= 4 is 0 Å². The Balaban J connectivity index is 2.49. The summed E-state index contributed by atoms with van der Waals surface area (Å²) in [6, 6.07) is 0. The third-order valence-corrected chi connectivity index (χ3v) is 6.50. The number of fused-ring (bicyclic) bond motifs is 1. The Morgan fingerprint density at radius 2 is 1.72 bits per heavy atom. The standard InChI is InChI=1S/C18H32/c1-13-10-11-14-15(9-8-12-17(14,5)6)18(13,7)16(2,3)4/h9,13-14H,8,10-12H2,1-7H3/t13-,14-,18+/m0/s1. The molecule has 0 unspecified atom stereocenters. The quantitative estimate of drug-likeness (QED) is 0.473. The molecule has 0 aromatic rings. The maximum Gasteiger partial charge on any atom is -0.00393 e. The predicted octanol–water partition coefficient (Wildman–Crippen LogP) is 5.83. The fourth-order valence-electron chi connectivity index (χ4n) is 4.62. The summed E-state index contributed by atoms with van der Waals surface area (Å²) in [7, 11) is 0. The molecule has 2 rings (SSSR count). The van der Waals surface area contributed by atoms with Crippen molar-refractivity contribution in [3.05, 3.63) is 11.6 Å². The van der Waals surface area contributed by atoms with E-state index in [1.165, 1.54) is 25.7 Å². The third kappa shape index (κ3) is 1.87. The first-order chi connectivity index (χ1) is 8.11. The minimum Gasteiger partial charge on any atom is -0.0844 e. The van der Waals surface area contributed by atoms with E-state index < -0.39 is 0 Å². The highest BCUT2D eigenvalue weighted by atomic mass is 14.6. The maximum absolute atomic E-state index is 2.61. The Morgan fingerprint density at radius 1 is 1.11 bits per heavy atom. The summed E-state index contributed by atoms with van der Waals surface area (Å²) >= 11 is 0. The molecule has 2 aliphatic carbocycles. The molecule has 0 N–H and O–H groups in total. The fraction of sp³-hybridized carbons (Fsp3) is 0.889. The van der Waals surface area contributed by atoms with Gasteiger partial charge in [0, 0.05) is 0 Å². The number of rotatable bonds is 0. The molecule has 0 aromatic heterocycles. The summed E-state index contributed by atoms with van der Waals surface area (Å²) in [5, 5.41) is 0. The molecule has 2 aliphatic rings. The molecule has 1 fully saturated rings. The Labute approximate surface area is 114 Å². The van der Waals surface area contributed by atoms with Crippen LogP contribution in [0.4, 0.5) is 0 Å². The van der Waals surface area contributed by atoms with Crippen molar-refractivity contribution in [2.45, 2.75) is 74.1 Å². The van der Waals surface area contributed by atoms with E-state index in [-0.39, 0.29) is 0 Å². The van der Waals surface area contributed by atoms with Gasteiger partial charge >= 0.3 is 0 Å². The van der Waals surface area contributed by atoms with Crippen LogP contribution in [-0.4, -0.2) is 0 Å². The van der Waals surface area contributed by atoms with Crippen molar-refractivity contribution in [3.63, 3.8) is 0 Å². The highest BCUT2D eigenvalue weighted by Crippen LogP contribution is 2.62. The van der Waals surface area contributed by atoms with Crippen LogP contribution >= 0.6 is 0 Å². The molecule has 0 aliphatic heterocycles. The van der Waals surface area contributed by atoms with E-state index in [0.717, 1.165) is 11.8 Å². The molecule has 0 saturated heterocycles. The van der Waals surface area contributed by atoms with E-state index >= 15 is 0 Å². The van der Waals surface area contributed by atoms with Crippen LogP contribution in [0.2, 0.25) is 0 Å². The van der Waals surface area contributed by atoms with Crippen LogP contribution in [0.1, 0.15) is 74.1 Å². The van der Waals surface area contributed by atoms with Crippen LogP contribution in [0.3, 0.4) is 0 Å². The molecule has 3 atom stereocenters. The van der Waals surface area contributed by atoms with Crippen LogP contribution in [0, 0.1) is 28.1 Å². The largest absolute Gasteiger partial charge is 0.0844 e. The summed E-state index contributed by atoms with van der Waals surface area (Å²) in [6.45, 7) is 17.3. The Morgan fingerprint density at radius 3 is 2.28 bits per heavy atom. The maximum atomic E-state index is 2.61. The summed E-state index contributed by atoms with van der Waals surface area (Å²) in [6.07, 6.45) is 8.08. The molecule has 0 bridgehead atoms. The summed E-state index contributed by atoms with van der Waals surface area (Å²) in [5.74, 6) is 1.64. The van der Waals surface area contributed by atoms with E-state index in [0.29, 0.717) is 16.2 Å². The van der Waals surface area contributed by atoms with Gasteiger partial charge in [0.1, 0.15) is 0 Å². The van der Waals surface area contributed by atoms with Crippen LogP contribution < -0.4 is 0 Å². The van der Waals surface area contributed by atoms with E-state index in [1.54, 1.807) is 5.57 Å². The Hall–Kier alpha value is -0.260. The topological polar surface area (TPSA) is 0 Å². The molecular formula is C18H32. The molecule has 0 heteroatoms. The highest BCUT2D eigenvalue weighted by molar-refractivity contribution is 5.28. The Kier molecular flexibility index (Phi) is 3.24. The van der Waals surface area contributed by atoms with Crippen molar-refractivity contribution in [2.24, 2.45) is 28.1 Å². The van der Waals surface area contributed by atoms with Gasteiger partial charge in [-0.2, -0.15) is 0 Å². The number of allylic oxidation sites excluding steroid dienone is 2. The second-order valence-corrected chi connectivity index (χ2v) is 8.67. The lowest BCUT2D eigenvalue weighted by molar-refractivity contribution is 0.00880. The minimum atomic E-state index is 0.365. The first-order valence-corrected chi connectivity index (χ1v) is 7.81. The second kappa shape index (κ2) is 4.12. The van der Waals surface area contributed by atoms with E-state index in [4.69, 9.17) is 0 Å². The first kappa shape index (κ1) is 14.2. The van der Waals surface area contributed by atoms with Crippen LogP contribution in [0.5, 0.6) is 0 Å². The van der Waals surface area contributed by atoms with Crippen molar-refractivity contribution < 1.29 is 0 Å². The lowest BCUT2D eigenvalue weighted by Crippen LogP contribution is -2.49. The van der Waals surface area contributed by atoms with Gasteiger partial charge in [-0.25, -0.2) is 0 Å². The van der Waals surface area contributed by atoms with Crippen molar-refractivity contribution in [1.82, 2.24) is 0 Å². The molecule has 0 aromatic carbocycles. The molecule has 18 heavy (non-hydrogen) atoms. The summed E-state index contributed by atoms with van der Waals surface area (Å²) < 4.78 is 0. The second-order valence-electron chi connectivity index (χ2n) is 8.67. The summed E-state index contributed by atoms with van der Waals surface area (Å²) in [4.78, 5) is 0. The zero-order valence-electron chi connectivity index (χ0n) is 13.6. The Bertz CT molecular complexity index is 353. The highest BCUT2D eigenvalue weighted by Gasteiger charge is 2.52. The van der Waals surface area contributed by atoms with E-state index in [2.05, 4.69) is 54.5 Å². The summed E-state index contributed by atoms with van der Waals surface area (Å²) in [5.41, 5.74) is 3.05. The smallest absolute Gasteiger partial charge is 0.00393 e. The molecule has 0 amide bonds. The zero-order valence-corrected chi connectivity index (χ0v) is 13.6. The number of hydrogen-bond acceptors (Lipinski definition) is 0. The normalized spacial score (nSPS) is 40.1. The van der Waals surface area contributed by atoms with Crippen LogP contribution in [-0.2, 0) is 0 Å². The molecule has 0 heterocycles. The van der Waals surface area contributed by atoms with E-state index in [1.807, 2.05) is 0 Å². The average Bonchev–Trinajstić information content (AvgIpc) is 2.21. The van der Waals surface area contributed by atoms with Gasteiger partial charge < -0.3 is 0 Å². The van der Waals surface area contributed by atoms with Crippen molar-refractivity contribution in [2.75, 3.05) is 0 Å². The van der Waals surface area contributed by atoms with Crippen molar-refractivity contribution in [1.29, 1.82) is 0 Å². The molecule has 104 valence electrons. The molecular weight excluding hydrogens is 216 g/mol. The van der Waals surface area contributed by atoms with E-state index in [9.17, 15) is 0 Å². The van der Waals surface area contributed by atoms with Crippen LogP contribution in [0.25, 0.3) is 0 Å². The zero-order chi connectivity index (χ0) is 13.8. The number of hydrogen-bond donors (Lipinski definition) is 0. The first-order valence-electron chi connectivity index (χ1n) is 7.81. The molecule has 0 radical (unpaired) electrons. The molecule has 0 nitrogen and oxygen atoms in total. The van der Waals surface area contributed by atoms with Gasteiger partial charge in [0.15, 0.2) is 0 Å². The van der Waals surface area contributed by atoms with Crippen molar-refractivity contribution in [3.8, 4) is 0 Å². The average molecular weight is 248 g/mol. The lowest BCUT2D eigenvalue weighted by atomic mass is 9.47. The van der Waals surface area contributed by atoms with Gasteiger partial charge in [-0.05, 0) is 53.8 Å². The molecule has 1 saturated carbocycles. The third-order valence-electron chi connectivity index (χ3n) is 6.50. The van der Waals surface area contributed by atoms with Gasteiger partial charge in [-0.15, -0.1) is 0 Å². The molecule has 0 spiro atoms. The predicted molar refractivity (Wildman–Crippen MR) is 80.5 cm³/mol. The van der Waals surface area contributed by atoms with Gasteiger partial charge in [0.2, 0.25) is 0 Å². The van der Waals surface area contributed by atoms with Crippen LogP contribution in [0.15, 0.2) is 11.6 Å². The van der Waals surface area contributed by atoms with Gasteiger partial charge in [0.25, 0.3) is 0 Å². The van der Waals surface area contributed by atoms with Gasteiger partial charge in [0.05, 0.1) is 0 Å². The minimum absolute atomic E-state index is 0.365. The fourth-order valence-corrected chi connectivity index (χ4v) is 4.62. The SMILES string of the molecule is C[C@H]1CC[C@H]2C(=CCCC2(C)C)[C@]1(C)C(C)(C)C. The lowest BCUT2D eigenvalue weighted by Gasteiger charge is -2.58. The van der Waals surface area contributed by atoms with Gasteiger partial charge in [-0.3, -0.25) is 0 Å².